The fourth-order valence-corrected chi connectivity index (χ4v) is 2.07. The lowest BCUT2D eigenvalue weighted by atomic mass is 10.2. The minimum Gasteiger partial charge on any atom is -0.497 e. The summed E-state index contributed by atoms with van der Waals surface area (Å²) in [7, 11) is 2.94. The van der Waals surface area contributed by atoms with Crippen LogP contribution in [-0.2, 0) is 4.79 Å². The monoisotopic (exact) mass is 346 g/mol. The highest BCUT2D eigenvalue weighted by molar-refractivity contribution is 5.95. The fourth-order valence-electron chi connectivity index (χ4n) is 2.07. The molecule has 25 heavy (non-hydrogen) atoms. The highest BCUT2D eigenvalue weighted by atomic mass is 16.6. The maximum atomic E-state index is 12.3. The number of benzene rings is 2. The summed E-state index contributed by atoms with van der Waals surface area (Å²) < 4.78 is 15.8. The lowest BCUT2D eigenvalue weighted by Crippen LogP contribution is -2.30. The first-order valence-electron chi connectivity index (χ1n) is 7.38. The van der Waals surface area contributed by atoms with Gasteiger partial charge in [0.25, 0.3) is 11.6 Å². The summed E-state index contributed by atoms with van der Waals surface area (Å²) in [6, 6.07) is 10.8. The van der Waals surface area contributed by atoms with Gasteiger partial charge in [0.15, 0.2) is 6.10 Å². The molecule has 2 rings (SSSR count). The summed E-state index contributed by atoms with van der Waals surface area (Å²) in [4.78, 5) is 22.7. The fraction of sp³-hybridized carbons (Fsp3) is 0.235. The molecule has 2 aromatic carbocycles. The molecule has 1 atom stereocenters. The van der Waals surface area contributed by atoms with Gasteiger partial charge < -0.3 is 19.5 Å². The number of amides is 1. The van der Waals surface area contributed by atoms with E-state index in [9.17, 15) is 14.9 Å². The Morgan fingerprint density at radius 2 is 1.84 bits per heavy atom. The van der Waals surface area contributed by atoms with Crippen LogP contribution in [0.1, 0.15) is 6.92 Å². The van der Waals surface area contributed by atoms with E-state index < -0.39 is 16.9 Å². The minimum absolute atomic E-state index is 0.155. The lowest BCUT2D eigenvalue weighted by Gasteiger charge is -2.16. The smallest absolute Gasteiger partial charge is 0.271 e. The summed E-state index contributed by atoms with van der Waals surface area (Å²) in [6.07, 6.45) is -0.837. The Kier molecular flexibility index (Phi) is 5.78. The zero-order valence-electron chi connectivity index (χ0n) is 14.0. The predicted molar refractivity (Wildman–Crippen MR) is 91.4 cm³/mol. The van der Waals surface area contributed by atoms with Gasteiger partial charge in [-0.05, 0) is 25.1 Å². The average Bonchev–Trinajstić information content (AvgIpc) is 2.61. The third-order valence-corrected chi connectivity index (χ3v) is 3.38. The Morgan fingerprint density at radius 3 is 2.48 bits per heavy atom. The Bertz CT molecular complexity index is 777. The van der Waals surface area contributed by atoms with E-state index in [-0.39, 0.29) is 11.4 Å². The molecule has 0 aliphatic rings. The van der Waals surface area contributed by atoms with Crippen LogP contribution in [0.2, 0.25) is 0 Å². The third-order valence-electron chi connectivity index (χ3n) is 3.38. The largest absolute Gasteiger partial charge is 0.497 e. The summed E-state index contributed by atoms with van der Waals surface area (Å²) in [5.41, 5.74) is 0.0419. The number of ether oxygens (including phenoxy) is 3. The van der Waals surface area contributed by atoms with Crippen LogP contribution < -0.4 is 19.5 Å². The van der Waals surface area contributed by atoms with Crippen molar-refractivity contribution >= 4 is 17.3 Å². The molecule has 1 N–H and O–H groups in total. The van der Waals surface area contributed by atoms with Crippen LogP contribution in [0.25, 0.3) is 0 Å². The molecule has 8 nitrogen and oxygen atoms in total. The van der Waals surface area contributed by atoms with Gasteiger partial charge in [-0.2, -0.15) is 0 Å². The van der Waals surface area contributed by atoms with Gasteiger partial charge in [0, 0.05) is 18.2 Å². The molecule has 132 valence electrons. The van der Waals surface area contributed by atoms with Crippen molar-refractivity contribution < 1.29 is 23.9 Å². The first kappa shape index (κ1) is 18.1. The van der Waals surface area contributed by atoms with E-state index in [1.807, 2.05) is 0 Å². The van der Waals surface area contributed by atoms with Crippen molar-refractivity contribution in [3.8, 4) is 17.2 Å². The number of non-ortho nitro benzene ring substituents is 1. The van der Waals surface area contributed by atoms with Gasteiger partial charge in [0.1, 0.15) is 17.2 Å². The van der Waals surface area contributed by atoms with Gasteiger partial charge in [-0.15, -0.1) is 0 Å². The van der Waals surface area contributed by atoms with E-state index in [1.165, 1.54) is 32.4 Å². The van der Waals surface area contributed by atoms with E-state index in [0.717, 1.165) is 0 Å². The molecule has 0 bridgehead atoms. The molecule has 2 aromatic rings. The summed E-state index contributed by atoms with van der Waals surface area (Å²) in [5.74, 6) is 0.910. The minimum atomic E-state index is -0.837. The topological polar surface area (TPSA) is 99.9 Å². The van der Waals surface area contributed by atoms with Crippen LogP contribution in [0.5, 0.6) is 17.2 Å². The van der Waals surface area contributed by atoms with Crippen molar-refractivity contribution in [3.63, 3.8) is 0 Å². The van der Waals surface area contributed by atoms with Crippen molar-refractivity contribution in [2.45, 2.75) is 13.0 Å². The number of nitrogens with one attached hydrogen (secondary N) is 1. The number of nitro benzene ring substituents is 1. The van der Waals surface area contributed by atoms with E-state index in [2.05, 4.69) is 5.32 Å². The molecule has 1 amide bonds. The molecule has 0 fully saturated rings. The van der Waals surface area contributed by atoms with E-state index in [1.54, 1.807) is 31.2 Å². The van der Waals surface area contributed by atoms with Crippen molar-refractivity contribution in [1.82, 2.24) is 0 Å². The van der Waals surface area contributed by atoms with Crippen LogP contribution >= 0.6 is 0 Å². The highest BCUT2D eigenvalue weighted by Crippen LogP contribution is 2.29. The van der Waals surface area contributed by atoms with Gasteiger partial charge >= 0.3 is 0 Å². The van der Waals surface area contributed by atoms with Crippen LogP contribution in [0.4, 0.5) is 11.4 Å². The van der Waals surface area contributed by atoms with Gasteiger partial charge in [-0.1, -0.05) is 6.07 Å². The number of carbonyl (C=O) groups excluding carboxylic acids is 1. The molecular weight excluding hydrogens is 328 g/mol. The van der Waals surface area contributed by atoms with E-state index in [4.69, 9.17) is 14.2 Å². The molecule has 8 heteroatoms. The first-order chi connectivity index (χ1) is 11.9. The molecule has 0 aliphatic heterocycles. The highest BCUT2D eigenvalue weighted by Gasteiger charge is 2.19. The molecule has 0 radical (unpaired) electrons. The van der Waals surface area contributed by atoms with Gasteiger partial charge in [0.05, 0.1) is 24.8 Å². The number of rotatable bonds is 7. The standard InChI is InChI=1S/C17H18N2O6/c1-11(25-14-6-4-5-13(10-14)23-2)17(20)18-15-9-12(19(21)22)7-8-16(15)24-3/h4-11H,1-3H3,(H,18,20)/t11-/m1/s1. The molecular formula is C17H18N2O6. The third kappa shape index (κ3) is 4.60. The van der Waals surface area contributed by atoms with Crippen LogP contribution in [0.15, 0.2) is 42.5 Å². The number of methoxy groups -OCH3 is 2. The Morgan fingerprint density at radius 1 is 1.12 bits per heavy atom. The quantitative estimate of drug-likeness (QED) is 0.611. The van der Waals surface area contributed by atoms with Crippen molar-refractivity contribution in [3.05, 3.63) is 52.6 Å². The summed E-state index contributed by atoms with van der Waals surface area (Å²) >= 11 is 0. The molecule has 0 heterocycles. The predicted octanol–water partition coefficient (Wildman–Crippen LogP) is 3.02. The molecule has 0 aliphatic carbocycles. The van der Waals surface area contributed by atoms with Crippen molar-refractivity contribution in [2.24, 2.45) is 0 Å². The molecule has 0 saturated carbocycles. The number of carbonyl (C=O) groups is 1. The number of hydrogen-bond donors (Lipinski definition) is 1. The molecule has 0 saturated heterocycles. The molecule has 0 unspecified atom stereocenters. The van der Waals surface area contributed by atoms with E-state index in [0.29, 0.717) is 17.2 Å². The van der Waals surface area contributed by atoms with Crippen LogP contribution in [0.3, 0.4) is 0 Å². The van der Waals surface area contributed by atoms with Crippen molar-refractivity contribution in [1.29, 1.82) is 0 Å². The maximum Gasteiger partial charge on any atom is 0.271 e. The summed E-state index contributed by atoms with van der Waals surface area (Å²) in [5, 5.41) is 13.5. The van der Waals surface area contributed by atoms with Crippen LogP contribution in [0, 0.1) is 10.1 Å². The first-order valence-corrected chi connectivity index (χ1v) is 7.38. The van der Waals surface area contributed by atoms with Gasteiger partial charge in [-0.3, -0.25) is 14.9 Å². The second kappa shape index (κ2) is 8.00. The Hall–Kier alpha value is -3.29. The molecule has 0 spiro atoms. The average molecular weight is 346 g/mol. The summed E-state index contributed by atoms with van der Waals surface area (Å²) in [6.45, 7) is 1.57. The Balaban J connectivity index is 2.12. The normalized spacial score (nSPS) is 11.3. The second-order valence-electron chi connectivity index (χ2n) is 5.07. The number of nitrogens with zero attached hydrogens (tertiary/aromatic N) is 1. The maximum absolute atomic E-state index is 12.3. The second-order valence-corrected chi connectivity index (χ2v) is 5.07. The SMILES string of the molecule is COc1cccc(O[C@H](C)C(=O)Nc2cc([N+](=O)[O-])ccc2OC)c1. The number of nitro groups is 1. The van der Waals surface area contributed by atoms with Crippen LogP contribution in [-0.4, -0.2) is 31.2 Å². The van der Waals surface area contributed by atoms with E-state index >= 15 is 0 Å². The number of hydrogen-bond acceptors (Lipinski definition) is 6. The zero-order valence-corrected chi connectivity index (χ0v) is 14.0. The molecule has 0 aromatic heterocycles. The zero-order chi connectivity index (χ0) is 18.4. The van der Waals surface area contributed by atoms with Gasteiger partial charge in [0.2, 0.25) is 0 Å². The van der Waals surface area contributed by atoms with Crippen molar-refractivity contribution in [2.75, 3.05) is 19.5 Å². The number of anilines is 1. The van der Waals surface area contributed by atoms with Gasteiger partial charge in [-0.25, -0.2) is 0 Å². The lowest BCUT2D eigenvalue weighted by molar-refractivity contribution is -0.384. The Labute approximate surface area is 144 Å².